The van der Waals surface area contributed by atoms with Gasteiger partial charge < -0.3 is 9.64 Å². The normalized spacial score (nSPS) is 22.7. The van der Waals surface area contributed by atoms with Crippen LogP contribution in [0.5, 0.6) is 5.88 Å². The van der Waals surface area contributed by atoms with Crippen molar-refractivity contribution in [3.63, 3.8) is 0 Å². The molecule has 0 radical (unpaired) electrons. The maximum Gasteiger partial charge on any atom is 0.218 e. The number of hydrogen-bond acceptors (Lipinski definition) is 6. The molecular formula is C15H24N4O3S. The fraction of sp³-hybridized carbons (Fsp3) is 0.733. The van der Waals surface area contributed by atoms with E-state index in [4.69, 9.17) is 4.74 Å². The summed E-state index contributed by atoms with van der Waals surface area (Å²) in [6.45, 7) is 4.84. The van der Waals surface area contributed by atoms with Gasteiger partial charge in [-0.3, -0.25) is 0 Å². The van der Waals surface area contributed by atoms with Crippen LogP contribution in [0.4, 0.5) is 5.82 Å². The molecule has 2 aliphatic rings. The molecule has 2 saturated heterocycles. The van der Waals surface area contributed by atoms with Crippen molar-refractivity contribution in [1.29, 1.82) is 0 Å². The molecule has 1 unspecified atom stereocenters. The first kappa shape index (κ1) is 16.4. The molecule has 2 aliphatic heterocycles. The van der Waals surface area contributed by atoms with Gasteiger partial charge in [-0.25, -0.2) is 18.4 Å². The van der Waals surface area contributed by atoms with Crippen LogP contribution in [-0.4, -0.2) is 60.7 Å². The predicted octanol–water partition coefficient (Wildman–Crippen LogP) is 1.27. The third-order valence-corrected chi connectivity index (χ3v) is 6.35. The molecule has 23 heavy (non-hydrogen) atoms. The topological polar surface area (TPSA) is 75.6 Å². The Balaban J connectivity index is 1.61. The van der Waals surface area contributed by atoms with Gasteiger partial charge in [-0.2, -0.15) is 4.31 Å². The van der Waals surface area contributed by atoms with Gasteiger partial charge in [0, 0.05) is 25.7 Å². The van der Waals surface area contributed by atoms with Crippen molar-refractivity contribution < 1.29 is 13.2 Å². The molecule has 1 aromatic rings. The molecule has 0 aromatic carbocycles. The molecule has 0 N–H and O–H groups in total. The zero-order valence-corrected chi connectivity index (χ0v) is 14.3. The fourth-order valence-corrected chi connectivity index (χ4v) is 4.67. The second-order valence-corrected chi connectivity index (χ2v) is 8.20. The van der Waals surface area contributed by atoms with E-state index in [1.54, 1.807) is 0 Å². The Labute approximate surface area is 137 Å². The molecule has 0 saturated carbocycles. The number of aromatic nitrogens is 2. The van der Waals surface area contributed by atoms with E-state index in [9.17, 15) is 8.42 Å². The maximum atomic E-state index is 12.1. The lowest BCUT2D eigenvalue weighted by molar-refractivity contribution is 0.206. The highest BCUT2D eigenvalue weighted by atomic mass is 32.2. The number of ether oxygens (including phenoxy) is 1. The summed E-state index contributed by atoms with van der Waals surface area (Å²) in [5.41, 5.74) is 0. The first-order valence-electron chi connectivity index (χ1n) is 8.30. The Morgan fingerprint density at radius 3 is 2.78 bits per heavy atom. The minimum Gasteiger partial charge on any atom is -0.473 e. The van der Waals surface area contributed by atoms with Crippen molar-refractivity contribution in [1.82, 2.24) is 14.3 Å². The van der Waals surface area contributed by atoms with E-state index in [1.807, 2.05) is 13.0 Å². The van der Waals surface area contributed by atoms with Crippen molar-refractivity contribution in [2.24, 2.45) is 0 Å². The Morgan fingerprint density at radius 2 is 2.04 bits per heavy atom. The molecule has 0 aliphatic carbocycles. The van der Waals surface area contributed by atoms with E-state index < -0.39 is 10.0 Å². The van der Waals surface area contributed by atoms with E-state index >= 15 is 0 Å². The summed E-state index contributed by atoms with van der Waals surface area (Å²) < 4.78 is 31.6. The van der Waals surface area contributed by atoms with Gasteiger partial charge in [0.1, 0.15) is 18.2 Å². The summed E-state index contributed by atoms with van der Waals surface area (Å²) in [7, 11) is -3.14. The first-order valence-corrected chi connectivity index (χ1v) is 9.91. The van der Waals surface area contributed by atoms with Gasteiger partial charge in [0.15, 0.2) is 0 Å². The van der Waals surface area contributed by atoms with E-state index in [1.165, 1.54) is 23.5 Å². The average Bonchev–Trinajstić information content (AvgIpc) is 3.19. The molecule has 3 rings (SSSR count). The zero-order chi connectivity index (χ0) is 16.3. The van der Waals surface area contributed by atoms with Gasteiger partial charge in [-0.05, 0) is 25.7 Å². The van der Waals surface area contributed by atoms with Crippen LogP contribution < -0.4 is 9.64 Å². The highest BCUT2D eigenvalue weighted by Gasteiger charge is 2.32. The summed E-state index contributed by atoms with van der Waals surface area (Å²) >= 11 is 0. The molecule has 1 atom stereocenters. The largest absolute Gasteiger partial charge is 0.473 e. The Kier molecular flexibility index (Phi) is 5.01. The number of anilines is 1. The minimum absolute atomic E-state index is 0.136. The van der Waals surface area contributed by atoms with Crippen LogP contribution in [0.25, 0.3) is 0 Å². The van der Waals surface area contributed by atoms with Crippen molar-refractivity contribution >= 4 is 15.8 Å². The van der Waals surface area contributed by atoms with Crippen LogP contribution in [-0.2, 0) is 10.0 Å². The van der Waals surface area contributed by atoms with Gasteiger partial charge in [0.25, 0.3) is 0 Å². The van der Waals surface area contributed by atoms with Crippen LogP contribution in [0.2, 0.25) is 0 Å². The van der Waals surface area contributed by atoms with E-state index in [0.29, 0.717) is 31.8 Å². The minimum atomic E-state index is -3.14. The summed E-state index contributed by atoms with van der Waals surface area (Å²) in [6.07, 6.45) is 5.09. The fourth-order valence-electron chi connectivity index (χ4n) is 3.12. The van der Waals surface area contributed by atoms with Crippen LogP contribution in [0, 0.1) is 0 Å². The molecular weight excluding hydrogens is 316 g/mol. The standard InChI is InChI=1S/C15H24N4O3S/c1-2-9-23(20,21)19-8-5-13(11-19)22-15-10-14(16-12-17-15)18-6-3-4-7-18/h10,12-13H,2-9,11H2,1H3. The summed E-state index contributed by atoms with van der Waals surface area (Å²) in [5.74, 6) is 1.62. The third-order valence-electron chi connectivity index (χ3n) is 4.31. The van der Waals surface area contributed by atoms with E-state index in [-0.39, 0.29) is 11.9 Å². The van der Waals surface area contributed by atoms with Crippen LogP contribution in [0.15, 0.2) is 12.4 Å². The van der Waals surface area contributed by atoms with Crippen molar-refractivity contribution in [3.8, 4) is 5.88 Å². The lowest BCUT2D eigenvalue weighted by Crippen LogP contribution is -2.32. The monoisotopic (exact) mass is 340 g/mol. The SMILES string of the molecule is CCCS(=O)(=O)N1CCC(Oc2cc(N3CCCC3)ncn2)C1. The molecule has 1 aromatic heterocycles. The lowest BCUT2D eigenvalue weighted by Gasteiger charge is -2.18. The third kappa shape index (κ3) is 3.92. The van der Waals surface area contributed by atoms with Crippen LogP contribution in [0.1, 0.15) is 32.6 Å². The average molecular weight is 340 g/mol. The molecule has 128 valence electrons. The highest BCUT2D eigenvalue weighted by Crippen LogP contribution is 2.23. The molecule has 2 fully saturated rings. The van der Waals surface area contributed by atoms with Gasteiger partial charge in [-0.15, -0.1) is 0 Å². The van der Waals surface area contributed by atoms with Crippen molar-refractivity contribution in [2.75, 3.05) is 36.8 Å². The predicted molar refractivity (Wildman–Crippen MR) is 88.2 cm³/mol. The van der Waals surface area contributed by atoms with Gasteiger partial charge in [-0.1, -0.05) is 6.92 Å². The zero-order valence-electron chi connectivity index (χ0n) is 13.5. The quantitative estimate of drug-likeness (QED) is 0.776. The second kappa shape index (κ2) is 7.00. The van der Waals surface area contributed by atoms with E-state index in [2.05, 4.69) is 14.9 Å². The Bertz CT molecular complexity index is 631. The van der Waals surface area contributed by atoms with E-state index in [0.717, 1.165) is 18.9 Å². The number of nitrogens with zero attached hydrogens (tertiary/aromatic N) is 4. The molecule has 3 heterocycles. The maximum absolute atomic E-state index is 12.1. The molecule has 0 spiro atoms. The van der Waals surface area contributed by atoms with Gasteiger partial charge in [0.05, 0.1) is 12.3 Å². The summed E-state index contributed by atoms with van der Waals surface area (Å²) in [6, 6.07) is 1.86. The van der Waals surface area contributed by atoms with Crippen molar-refractivity contribution in [3.05, 3.63) is 12.4 Å². The lowest BCUT2D eigenvalue weighted by atomic mass is 10.3. The Morgan fingerprint density at radius 1 is 1.26 bits per heavy atom. The molecule has 8 heteroatoms. The number of sulfonamides is 1. The second-order valence-electron chi connectivity index (χ2n) is 6.11. The summed E-state index contributed by atoms with van der Waals surface area (Å²) in [4.78, 5) is 10.7. The van der Waals surface area contributed by atoms with Crippen LogP contribution >= 0.6 is 0 Å². The highest BCUT2D eigenvalue weighted by molar-refractivity contribution is 7.89. The van der Waals surface area contributed by atoms with Crippen LogP contribution in [0.3, 0.4) is 0 Å². The molecule has 0 amide bonds. The molecule has 0 bridgehead atoms. The van der Waals surface area contributed by atoms with Gasteiger partial charge >= 0.3 is 0 Å². The molecule has 7 nitrogen and oxygen atoms in total. The summed E-state index contributed by atoms with van der Waals surface area (Å²) in [5, 5.41) is 0. The first-order chi connectivity index (χ1) is 11.1. The van der Waals surface area contributed by atoms with Crippen molar-refractivity contribution in [2.45, 2.75) is 38.7 Å². The Hall–Kier alpha value is -1.41. The smallest absolute Gasteiger partial charge is 0.218 e. The number of hydrogen-bond donors (Lipinski definition) is 0. The van der Waals surface area contributed by atoms with Gasteiger partial charge in [0.2, 0.25) is 15.9 Å². The number of rotatable bonds is 6.